The fourth-order valence-electron chi connectivity index (χ4n) is 3.58. The Labute approximate surface area is 103 Å². The third kappa shape index (κ3) is 4.47. The molecule has 1 saturated carbocycles. The summed E-state index contributed by atoms with van der Waals surface area (Å²) in [6, 6.07) is 0. The zero-order chi connectivity index (χ0) is 11.8. The molecule has 0 saturated heterocycles. The molecule has 0 N–H and O–H groups in total. The van der Waals surface area contributed by atoms with Crippen LogP contribution in [-0.2, 0) is 0 Å². The zero-order valence-corrected chi connectivity index (χ0v) is 11.8. The van der Waals surface area contributed by atoms with E-state index in [1.807, 2.05) is 0 Å². The maximum absolute atomic E-state index is 2.38. The van der Waals surface area contributed by atoms with Crippen molar-refractivity contribution in [3.8, 4) is 0 Å². The molecule has 0 aromatic heterocycles. The third-order valence-corrected chi connectivity index (χ3v) is 4.66. The summed E-state index contributed by atoms with van der Waals surface area (Å²) in [6.07, 6.45) is 14.7. The van der Waals surface area contributed by atoms with Crippen LogP contribution in [0.2, 0.25) is 0 Å². The normalized spacial score (nSPS) is 27.9. The second kappa shape index (κ2) is 8.14. The van der Waals surface area contributed by atoms with Crippen LogP contribution in [0.1, 0.15) is 85.0 Å². The number of rotatable bonds is 7. The van der Waals surface area contributed by atoms with Gasteiger partial charge in [0.1, 0.15) is 0 Å². The van der Waals surface area contributed by atoms with Crippen LogP contribution in [-0.4, -0.2) is 0 Å². The molecule has 1 aliphatic rings. The highest BCUT2D eigenvalue weighted by atomic mass is 14.3. The molecule has 0 spiro atoms. The molecule has 0 radical (unpaired) electrons. The van der Waals surface area contributed by atoms with Gasteiger partial charge in [0.15, 0.2) is 0 Å². The Morgan fingerprint density at radius 3 is 2.44 bits per heavy atom. The Balaban J connectivity index is 2.41. The maximum Gasteiger partial charge on any atom is -0.0383 e. The minimum atomic E-state index is 1.05. The smallest absolute Gasteiger partial charge is 0.0383 e. The van der Waals surface area contributed by atoms with Crippen molar-refractivity contribution in [2.45, 2.75) is 85.0 Å². The molecule has 1 aliphatic carbocycles. The van der Waals surface area contributed by atoms with Crippen molar-refractivity contribution >= 4 is 0 Å². The van der Waals surface area contributed by atoms with E-state index >= 15 is 0 Å². The summed E-state index contributed by atoms with van der Waals surface area (Å²) < 4.78 is 0. The summed E-state index contributed by atoms with van der Waals surface area (Å²) in [5.41, 5.74) is 0. The Morgan fingerprint density at radius 1 is 1.00 bits per heavy atom. The van der Waals surface area contributed by atoms with E-state index in [2.05, 4.69) is 20.8 Å². The highest BCUT2D eigenvalue weighted by molar-refractivity contribution is 4.78. The van der Waals surface area contributed by atoms with Crippen molar-refractivity contribution in [2.24, 2.45) is 17.8 Å². The summed E-state index contributed by atoms with van der Waals surface area (Å²) in [5.74, 6) is 3.18. The summed E-state index contributed by atoms with van der Waals surface area (Å²) in [5, 5.41) is 0. The van der Waals surface area contributed by atoms with Crippen LogP contribution in [0.5, 0.6) is 0 Å². The number of unbranched alkanes of at least 4 members (excludes halogenated alkanes) is 1. The third-order valence-electron chi connectivity index (χ3n) is 4.66. The van der Waals surface area contributed by atoms with Crippen LogP contribution in [0.25, 0.3) is 0 Å². The highest BCUT2D eigenvalue weighted by Gasteiger charge is 2.26. The first kappa shape index (κ1) is 14.1. The van der Waals surface area contributed by atoms with Crippen molar-refractivity contribution < 1.29 is 0 Å². The van der Waals surface area contributed by atoms with Crippen molar-refractivity contribution in [3.63, 3.8) is 0 Å². The van der Waals surface area contributed by atoms with Crippen molar-refractivity contribution in [2.75, 3.05) is 0 Å². The second-order valence-electron chi connectivity index (χ2n) is 5.89. The lowest BCUT2D eigenvalue weighted by Crippen LogP contribution is -2.22. The highest BCUT2D eigenvalue weighted by Crippen LogP contribution is 2.38. The molecule has 0 bridgehead atoms. The van der Waals surface area contributed by atoms with Crippen LogP contribution in [0.3, 0.4) is 0 Å². The molecule has 0 aromatic rings. The standard InChI is InChI=1S/C16H32/c1-4-7-11-15(9-5-2)16-12-8-10-14(6-3)13-16/h14-16H,4-13H2,1-3H3. The first-order chi connectivity index (χ1) is 7.81. The molecule has 0 amide bonds. The molecule has 0 heterocycles. The average Bonchev–Trinajstić information content (AvgIpc) is 2.34. The molecule has 3 unspecified atom stereocenters. The fraction of sp³-hybridized carbons (Fsp3) is 1.00. The van der Waals surface area contributed by atoms with Gasteiger partial charge in [-0.1, -0.05) is 78.6 Å². The van der Waals surface area contributed by atoms with E-state index < -0.39 is 0 Å². The molecule has 1 rings (SSSR count). The molecule has 0 aromatic carbocycles. The summed E-state index contributed by atoms with van der Waals surface area (Å²) in [7, 11) is 0. The topological polar surface area (TPSA) is 0 Å². The van der Waals surface area contributed by atoms with E-state index in [-0.39, 0.29) is 0 Å². The molecule has 0 nitrogen and oxygen atoms in total. The van der Waals surface area contributed by atoms with Gasteiger partial charge in [-0.05, 0) is 24.2 Å². The summed E-state index contributed by atoms with van der Waals surface area (Å²) >= 11 is 0. The molecule has 96 valence electrons. The number of hydrogen-bond donors (Lipinski definition) is 0. The fourth-order valence-corrected chi connectivity index (χ4v) is 3.58. The van der Waals surface area contributed by atoms with E-state index in [4.69, 9.17) is 0 Å². The van der Waals surface area contributed by atoms with Gasteiger partial charge in [-0.25, -0.2) is 0 Å². The van der Waals surface area contributed by atoms with Crippen molar-refractivity contribution in [3.05, 3.63) is 0 Å². The molecule has 0 aliphatic heterocycles. The maximum atomic E-state index is 2.38. The van der Waals surface area contributed by atoms with Crippen LogP contribution in [0.4, 0.5) is 0 Å². The SMILES string of the molecule is CCCCC(CCC)C1CCCC(CC)C1. The summed E-state index contributed by atoms with van der Waals surface area (Å²) in [6.45, 7) is 7.08. The van der Waals surface area contributed by atoms with Gasteiger partial charge in [0.05, 0.1) is 0 Å². The lowest BCUT2D eigenvalue weighted by Gasteiger charge is -2.34. The minimum Gasteiger partial charge on any atom is -0.0654 e. The van der Waals surface area contributed by atoms with E-state index in [1.54, 1.807) is 6.42 Å². The van der Waals surface area contributed by atoms with E-state index in [0.717, 1.165) is 17.8 Å². The van der Waals surface area contributed by atoms with Gasteiger partial charge in [-0.2, -0.15) is 0 Å². The quantitative estimate of drug-likeness (QED) is 0.512. The zero-order valence-electron chi connectivity index (χ0n) is 11.8. The second-order valence-corrected chi connectivity index (χ2v) is 5.89. The average molecular weight is 224 g/mol. The molecule has 1 fully saturated rings. The molecular formula is C16H32. The van der Waals surface area contributed by atoms with Gasteiger partial charge in [0, 0.05) is 0 Å². The molecule has 16 heavy (non-hydrogen) atoms. The van der Waals surface area contributed by atoms with E-state index in [9.17, 15) is 0 Å². The van der Waals surface area contributed by atoms with Gasteiger partial charge < -0.3 is 0 Å². The molecular weight excluding hydrogens is 192 g/mol. The molecule has 3 atom stereocenters. The van der Waals surface area contributed by atoms with Gasteiger partial charge >= 0.3 is 0 Å². The Bertz CT molecular complexity index is 159. The van der Waals surface area contributed by atoms with Crippen LogP contribution >= 0.6 is 0 Å². The van der Waals surface area contributed by atoms with Crippen LogP contribution in [0.15, 0.2) is 0 Å². The first-order valence-corrected chi connectivity index (χ1v) is 7.81. The predicted octanol–water partition coefficient (Wildman–Crippen LogP) is 5.81. The molecule has 0 heteroatoms. The monoisotopic (exact) mass is 224 g/mol. The van der Waals surface area contributed by atoms with Gasteiger partial charge in [0.2, 0.25) is 0 Å². The van der Waals surface area contributed by atoms with E-state index in [0.29, 0.717) is 0 Å². The van der Waals surface area contributed by atoms with Crippen LogP contribution < -0.4 is 0 Å². The van der Waals surface area contributed by atoms with Gasteiger partial charge in [-0.15, -0.1) is 0 Å². The number of hydrogen-bond acceptors (Lipinski definition) is 0. The van der Waals surface area contributed by atoms with Crippen molar-refractivity contribution in [1.29, 1.82) is 0 Å². The van der Waals surface area contributed by atoms with E-state index in [1.165, 1.54) is 57.8 Å². The summed E-state index contributed by atoms with van der Waals surface area (Å²) in [4.78, 5) is 0. The Kier molecular flexibility index (Phi) is 7.16. The minimum absolute atomic E-state index is 1.05. The Hall–Kier alpha value is 0. The van der Waals surface area contributed by atoms with Gasteiger partial charge in [-0.3, -0.25) is 0 Å². The Morgan fingerprint density at radius 2 is 1.81 bits per heavy atom. The lowest BCUT2D eigenvalue weighted by molar-refractivity contribution is 0.173. The first-order valence-electron chi connectivity index (χ1n) is 7.81. The lowest BCUT2D eigenvalue weighted by atomic mass is 9.71. The van der Waals surface area contributed by atoms with Crippen LogP contribution in [0, 0.1) is 17.8 Å². The predicted molar refractivity (Wildman–Crippen MR) is 73.7 cm³/mol. The largest absolute Gasteiger partial charge is 0.0654 e. The van der Waals surface area contributed by atoms with Crippen molar-refractivity contribution in [1.82, 2.24) is 0 Å². The van der Waals surface area contributed by atoms with Gasteiger partial charge in [0.25, 0.3) is 0 Å².